The second-order valence-corrected chi connectivity index (χ2v) is 9.47. The average molecular weight is 440 g/mol. The minimum atomic E-state index is -0.539. The Balaban J connectivity index is 1.38. The summed E-state index contributed by atoms with van der Waals surface area (Å²) in [4.78, 5) is 16.3. The van der Waals surface area contributed by atoms with Crippen molar-refractivity contribution in [1.29, 1.82) is 0 Å². The van der Waals surface area contributed by atoms with Crippen molar-refractivity contribution in [2.24, 2.45) is 5.92 Å². The number of nitrogens with one attached hydrogen (secondary N) is 1. The quantitative estimate of drug-likeness (QED) is 0.522. The average Bonchev–Trinajstić information content (AvgIpc) is 3.50. The van der Waals surface area contributed by atoms with Gasteiger partial charge in [0.05, 0.1) is 23.7 Å². The number of pyridine rings is 1. The van der Waals surface area contributed by atoms with E-state index in [0.717, 1.165) is 17.4 Å². The van der Waals surface area contributed by atoms with Gasteiger partial charge in [-0.05, 0) is 70.1 Å². The molecule has 1 aromatic carbocycles. The number of aromatic nitrogens is 1. The van der Waals surface area contributed by atoms with Crippen molar-refractivity contribution in [3.05, 3.63) is 53.5 Å². The Labute approximate surface area is 189 Å². The molecule has 1 aliphatic carbocycles. The number of benzene rings is 1. The van der Waals surface area contributed by atoms with Gasteiger partial charge in [-0.15, -0.1) is 0 Å². The van der Waals surface area contributed by atoms with Crippen LogP contribution in [0.1, 0.15) is 58.1 Å². The van der Waals surface area contributed by atoms with Crippen molar-refractivity contribution in [3.63, 3.8) is 0 Å². The van der Waals surface area contributed by atoms with Crippen molar-refractivity contribution < 1.29 is 23.2 Å². The molecule has 2 atom stereocenters. The van der Waals surface area contributed by atoms with Crippen LogP contribution < -0.4 is 10.8 Å². The Morgan fingerprint density at radius 2 is 1.94 bits per heavy atom. The number of halogens is 1. The van der Waals surface area contributed by atoms with Crippen molar-refractivity contribution in [2.75, 3.05) is 11.9 Å². The normalized spacial score (nSPS) is 23.1. The third-order valence-corrected chi connectivity index (χ3v) is 6.65. The van der Waals surface area contributed by atoms with Crippen molar-refractivity contribution in [2.45, 2.75) is 64.7 Å². The van der Waals surface area contributed by atoms with Crippen LogP contribution in [0.25, 0.3) is 0 Å². The van der Waals surface area contributed by atoms with E-state index >= 15 is 0 Å². The number of carbonyl (C=O) groups is 1. The first-order valence-electron chi connectivity index (χ1n) is 11.1. The molecule has 1 aliphatic heterocycles. The maximum atomic E-state index is 14.4. The van der Waals surface area contributed by atoms with Gasteiger partial charge in [-0.1, -0.05) is 18.2 Å². The van der Waals surface area contributed by atoms with E-state index in [1.165, 1.54) is 6.07 Å². The molecule has 170 valence electrons. The Morgan fingerprint density at radius 3 is 2.56 bits per heavy atom. The molecule has 2 heterocycles. The zero-order valence-corrected chi connectivity index (χ0v) is 19.3. The van der Waals surface area contributed by atoms with Crippen LogP contribution in [0.3, 0.4) is 0 Å². The number of rotatable bonds is 7. The highest BCUT2D eigenvalue weighted by molar-refractivity contribution is 6.62. The van der Waals surface area contributed by atoms with Crippen LogP contribution in [0.2, 0.25) is 0 Å². The largest absolute Gasteiger partial charge is 0.494 e. The van der Waals surface area contributed by atoms with Gasteiger partial charge in [-0.3, -0.25) is 4.79 Å². The predicted octanol–water partition coefficient (Wildman–Crippen LogP) is 3.80. The van der Waals surface area contributed by atoms with Crippen LogP contribution in [0.5, 0.6) is 0 Å². The zero-order chi connectivity index (χ0) is 23.1. The highest BCUT2D eigenvalue weighted by atomic mass is 19.1. The lowest BCUT2D eigenvalue weighted by atomic mass is 9.78. The third kappa shape index (κ3) is 4.52. The lowest BCUT2D eigenvalue weighted by Gasteiger charge is -2.32. The lowest BCUT2D eigenvalue weighted by Crippen LogP contribution is -2.41. The molecule has 1 unspecified atom stereocenters. The Kier molecular flexibility index (Phi) is 6.03. The second kappa shape index (κ2) is 8.48. The molecule has 2 aromatic rings. The molecule has 1 saturated heterocycles. The van der Waals surface area contributed by atoms with Gasteiger partial charge in [0.15, 0.2) is 0 Å². The Hall–Kier alpha value is -2.45. The van der Waals surface area contributed by atoms with E-state index in [1.54, 1.807) is 18.3 Å². The summed E-state index contributed by atoms with van der Waals surface area (Å²) >= 11 is 0. The van der Waals surface area contributed by atoms with Crippen LogP contribution in [0.15, 0.2) is 36.5 Å². The van der Waals surface area contributed by atoms with Crippen LogP contribution in [-0.2, 0) is 25.4 Å². The highest BCUT2D eigenvalue weighted by Gasteiger charge is 2.51. The molecule has 6 nitrogen and oxygen atoms in total. The van der Waals surface area contributed by atoms with Gasteiger partial charge in [-0.2, -0.15) is 0 Å². The lowest BCUT2D eigenvalue weighted by molar-refractivity contribution is -0.144. The fraction of sp³-hybridized carbons (Fsp3) is 0.500. The van der Waals surface area contributed by atoms with Crippen molar-refractivity contribution in [3.8, 4) is 0 Å². The minimum absolute atomic E-state index is 0.0672. The van der Waals surface area contributed by atoms with E-state index in [2.05, 4.69) is 10.3 Å². The number of hydrogen-bond donors (Lipinski definition) is 1. The second-order valence-electron chi connectivity index (χ2n) is 9.47. The molecule has 1 saturated carbocycles. The van der Waals surface area contributed by atoms with Gasteiger partial charge in [0.1, 0.15) is 11.6 Å². The highest BCUT2D eigenvalue weighted by Crippen LogP contribution is 2.48. The van der Waals surface area contributed by atoms with Gasteiger partial charge in [0.25, 0.3) is 0 Å². The standard InChI is InChI=1S/C24H30BFN2O4/c1-6-30-22(29)19-12-18(19)15-7-10-21(27-13-15)28-14-16-11-17(8-9-20(16)26)25-31-23(2,3)24(4,5)32-25/h7-11,13,18-19H,6,12,14H2,1-5H3,(H,27,28)/t18?,19-/m1/s1. The van der Waals surface area contributed by atoms with E-state index in [-0.39, 0.29) is 30.2 Å². The zero-order valence-electron chi connectivity index (χ0n) is 19.3. The van der Waals surface area contributed by atoms with Gasteiger partial charge < -0.3 is 19.4 Å². The first kappa shape index (κ1) is 22.7. The first-order valence-corrected chi connectivity index (χ1v) is 11.1. The molecule has 0 radical (unpaired) electrons. The summed E-state index contributed by atoms with van der Waals surface area (Å²) in [6, 6.07) is 8.72. The molecule has 1 N–H and O–H groups in total. The van der Waals surface area contributed by atoms with E-state index in [1.807, 2.05) is 46.8 Å². The summed E-state index contributed by atoms with van der Waals surface area (Å²) < 4.78 is 31.7. The van der Waals surface area contributed by atoms with Gasteiger partial charge in [0.2, 0.25) is 0 Å². The minimum Gasteiger partial charge on any atom is -0.466 e. The molecule has 8 heteroatoms. The van der Waals surface area contributed by atoms with E-state index in [0.29, 0.717) is 18.0 Å². The number of ether oxygens (including phenoxy) is 1. The predicted molar refractivity (Wildman–Crippen MR) is 121 cm³/mol. The summed E-state index contributed by atoms with van der Waals surface area (Å²) in [5, 5.41) is 3.17. The SMILES string of the molecule is CCOC(=O)[C@@H]1CC1c1ccc(NCc2cc(B3OC(C)(C)C(C)(C)O3)ccc2F)nc1. The molecule has 4 rings (SSSR count). The number of hydrogen-bond acceptors (Lipinski definition) is 6. The molecular weight excluding hydrogens is 410 g/mol. The maximum Gasteiger partial charge on any atom is 0.494 e. The fourth-order valence-electron chi connectivity index (χ4n) is 3.84. The summed E-state index contributed by atoms with van der Waals surface area (Å²) in [5.74, 6) is 0.302. The van der Waals surface area contributed by atoms with E-state index in [4.69, 9.17) is 14.0 Å². The molecule has 2 aliphatic rings. The molecule has 0 amide bonds. The molecule has 32 heavy (non-hydrogen) atoms. The summed E-state index contributed by atoms with van der Waals surface area (Å²) in [5.41, 5.74) is 1.40. The first-order chi connectivity index (χ1) is 15.1. The Bertz CT molecular complexity index is 980. The van der Waals surface area contributed by atoms with E-state index < -0.39 is 18.3 Å². The van der Waals surface area contributed by atoms with Crippen LogP contribution in [0.4, 0.5) is 10.2 Å². The smallest absolute Gasteiger partial charge is 0.466 e. The van der Waals surface area contributed by atoms with Crippen molar-refractivity contribution >= 4 is 24.4 Å². The van der Waals surface area contributed by atoms with Gasteiger partial charge in [-0.25, -0.2) is 9.37 Å². The van der Waals surface area contributed by atoms with Crippen LogP contribution in [0, 0.1) is 11.7 Å². The van der Waals surface area contributed by atoms with Gasteiger partial charge in [0, 0.05) is 18.3 Å². The summed E-state index contributed by atoms with van der Waals surface area (Å²) in [6.45, 7) is 10.5. The number of esters is 1. The molecule has 0 spiro atoms. The molecule has 1 aromatic heterocycles. The van der Waals surface area contributed by atoms with Gasteiger partial charge >= 0.3 is 13.1 Å². The van der Waals surface area contributed by atoms with Crippen molar-refractivity contribution in [1.82, 2.24) is 4.98 Å². The van der Waals surface area contributed by atoms with Crippen LogP contribution >= 0.6 is 0 Å². The topological polar surface area (TPSA) is 69.7 Å². The maximum absolute atomic E-state index is 14.4. The molecular formula is C24H30BFN2O4. The van der Waals surface area contributed by atoms with Crippen LogP contribution in [-0.4, -0.2) is 35.9 Å². The number of carbonyl (C=O) groups excluding carboxylic acids is 1. The molecule has 0 bridgehead atoms. The van der Waals surface area contributed by atoms with E-state index in [9.17, 15) is 9.18 Å². The third-order valence-electron chi connectivity index (χ3n) is 6.65. The number of nitrogens with zero attached hydrogens (tertiary/aromatic N) is 1. The summed E-state index contributed by atoms with van der Waals surface area (Å²) in [6.07, 6.45) is 2.56. The Morgan fingerprint density at radius 1 is 1.22 bits per heavy atom. The monoisotopic (exact) mass is 440 g/mol. The number of anilines is 1. The molecule has 2 fully saturated rings. The fourth-order valence-corrected chi connectivity index (χ4v) is 3.84. The summed E-state index contributed by atoms with van der Waals surface area (Å²) in [7, 11) is -0.539.